The Labute approximate surface area is 161 Å². The largest absolute Gasteiger partial charge is 0.444 e. The van der Waals surface area contributed by atoms with Crippen molar-refractivity contribution in [2.24, 2.45) is 0 Å². The van der Waals surface area contributed by atoms with Gasteiger partial charge in [-0.15, -0.1) is 0 Å². The van der Waals surface area contributed by atoms with E-state index in [4.69, 9.17) is 21.1 Å². The fraction of sp³-hybridized carbons (Fsp3) is 0.588. The van der Waals surface area contributed by atoms with Gasteiger partial charge in [0, 0.05) is 19.3 Å². The molecule has 0 saturated carbocycles. The van der Waals surface area contributed by atoms with Gasteiger partial charge in [-0.05, 0) is 32.9 Å². The van der Waals surface area contributed by atoms with Gasteiger partial charge in [-0.25, -0.2) is 9.78 Å². The highest BCUT2D eigenvalue weighted by Crippen LogP contribution is 2.39. The highest BCUT2D eigenvalue weighted by molar-refractivity contribution is 8.00. The lowest BCUT2D eigenvalue weighted by Gasteiger charge is -2.37. The van der Waals surface area contributed by atoms with Gasteiger partial charge in [0.2, 0.25) is 5.91 Å². The number of morpholine rings is 1. The minimum Gasteiger partial charge on any atom is -0.444 e. The van der Waals surface area contributed by atoms with E-state index in [1.165, 1.54) is 11.8 Å². The zero-order valence-corrected chi connectivity index (χ0v) is 16.5. The van der Waals surface area contributed by atoms with E-state index in [-0.39, 0.29) is 23.9 Å². The second-order valence-corrected chi connectivity index (χ2v) is 9.07. The smallest absolute Gasteiger partial charge is 0.410 e. The second-order valence-electron chi connectivity index (χ2n) is 7.41. The summed E-state index contributed by atoms with van der Waals surface area (Å²) in [6.07, 6.45) is 1.20. The molecule has 0 radical (unpaired) electrons. The van der Waals surface area contributed by atoms with E-state index in [2.05, 4.69) is 10.3 Å². The highest BCUT2D eigenvalue weighted by Gasteiger charge is 2.52. The van der Waals surface area contributed by atoms with Crippen LogP contribution in [0.4, 0.5) is 4.79 Å². The Morgan fingerprint density at radius 2 is 2.27 bits per heavy atom. The second kappa shape index (κ2) is 7.25. The van der Waals surface area contributed by atoms with Gasteiger partial charge in [0.1, 0.15) is 17.8 Å². The van der Waals surface area contributed by atoms with E-state index >= 15 is 0 Å². The predicted molar refractivity (Wildman–Crippen MR) is 98.4 cm³/mol. The van der Waals surface area contributed by atoms with E-state index in [0.29, 0.717) is 24.7 Å². The minimum absolute atomic E-state index is 0.0206. The van der Waals surface area contributed by atoms with Crippen LogP contribution in [-0.4, -0.2) is 64.6 Å². The molecule has 2 atom stereocenters. The van der Waals surface area contributed by atoms with E-state index in [9.17, 15) is 9.59 Å². The molecular weight excluding hydrogens is 378 g/mol. The number of hydrogen-bond acceptors (Lipinski definition) is 6. The van der Waals surface area contributed by atoms with Gasteiger partial charge < -0.3 is 19.7 Å². The number of aromatic nitrogens is 1. The number of likely N-dealkylation sites (tertiary alicyclic amines) is 1. The summed E-state index contributed by atoms with van der Waals surface area (Å²) in [5.74, 6) is -0.153. The van der Waals surface area contributed by atoms with Crippen molar-refractivity contribution in [3.63, 3.8) is 0 Å². The normalized spacial score (nSPS) is 26.1. The molecule has 9 heteroatoms. The van der Waals surface area contributed by atoms with Crippen LogP contribution in [0.3, 0.4) is 0 Å². The number of halogens is 1. The monoisotopic (exact) mass is 399 g/mol. The fourth-order valence-corrected chi connectivity index (χ4v) is 4.27. The molecule has 3 rings (SSSR count). The number of carbonyl (C=O) groups is 2. The molecule has 0 aromatic carbocycles. The van der Waals surface area contributed by atoms with Crippen molar-refractivity contribution in [3.8, 4) is 0 Å². The van der Waals surface area contributed by atoms with E-state index < -0.39 is 11.2 Å². The standard InChI is InChI=1S/C17H22ClN3O4S/c1-16(2,3)25-15(23)21-7-12(26-14-5-4-11(18)6-19-14)17(10-21)9-20-13(22)8-24-17/h4-6,12H,7-10H2,1-3H3,(H,20,22)/t12-,17-/m1/s1. The van der Waals surface area contributed by atoms with Crippen LogP contribution in [0.15, 0.2) is 23.4 Å². The van der Waals surface area contributed by atoms with Crippen LogP contribution < -0.4 is 5.32 Å². The van der Waals surface area contributed by atoms with Gasteiger partial charge in [0.15, 0.2) is 0 Å². The molecule has 1 aromatic rings. The maximum atomic E-state index is 12.5. The Hall–Kier alpha value is -1.51. The maximum absolute atomic E-state index is 12.5. The molecule has 0 unspecified atom stereocenters. The molecule has 2 aliphatic rings. The Morgan fingerprint density at radius 1 is 1.50 bits per heavy atom. The van der Waals surface area contributed by atoms with Gasteiger partial charge in [0.05, 0.1) is 21.8 Å². The molecule has 2 saturated heterocycles. The lowest BCUT2D eigenvalue weighted by atomic mass is 10.0. The minimum atomic E-state index is -0.670. The van der Waals surface area contributed by atoms with Crippen LogP contribution >= 0.6 is 23.4 Å². The van der Waals surface area contributed by atoms with Crippen LogP contribution in [0.25, 0.3) is 0 Å². The Morgan fingerprint density at radius 3 is 2.85 bits per heavy atom. The number of thioether (sulfide) groups is 1. The Balaban J connectivity index is 1.78. The fourth-order valence-electron chi connectivity index (χ4n) is 2.91. The molecule has 1 N–H and O–H groups in total. The third-order valence-electron chi connectivity index (χ3n) is 4.12. The Bertz CT molecular complexity index is 682. The lowest BCUT2D eigenvalue weighted by Crippen LogP contribution is -2.58. The summed E-state index contributed by atoms with van der Waals surface area (Å²) in [7, 11) is 0. The first-order chi connectivity index (χ1) is 12.2. The highest BCUT2D eigenvalue weighted by atomic mass is 35.5. The van der Waals surface area contributed by atoms with E-state index in [1.54, 1.807) is 17.2 Å². The van der Waals surface area contributed by atoms with Crippen molar-refractivity contribution in [2.75, 3.05) is 26.2 Å². The predicted octanol–water partition coefficient (Wildman–Crippen LogP) is 2.33. The molecule has 2 fully saturated rings. The summed E-state index contributed by atoms with van der Waals surface area (Å²) in [5.41, 5.74) is -1.24. The maximum Gasteiger partial charge on any atom is 0.410 e. The summed E-state index contributed by atoms with van der Waals surface area (Å²) >= 11 is 7.41. The number of pyridine rings is 1. The number of carbonyl (C=O) groups excluding carboxylic acids is 2. The average Bonchev–Trinajstić information content (AvgIpc) is 2.90. The summed E-state index contributed by atoms with van der Waals surface area (Å²) in [4.78, 5) is 30.0. The van der Waals surface area contributed by atoms with Gasteiger partial charge in [-0.2, -0.15) is 0 Å². The third-order valence-corrected chi connectivity index (χ3v) is 5.69. The van der Waals surface area contributed by atoms with Crippen LogP contribution in [0.5, 0.6) is 0 Å². The van der Waals surface area contributed by atoms with Crippen molar-refractivity contribution in [1.82, 2.24) is 15.2 Å². The molecule has 142 valence electrons. The molecule has 7 nitrogen and oxygen atoms in total. The zero-order chi connectivity index (χ0) is 18.9. The molecular formula is C17H22ClN3O4S. The molecule has 1 spiro atoms. The summed E-state index contributed by atoms with van der Waals surface area (Å²) in [5, 5.41) is 4.10. The van der Waals surface area contributed by atoms with Crippen molar-refractivity contribution in [2.45, 2.75) is 42.2 Å². The average molecular weight is 400 g/mol. The van der Waals surface area contributed by atoms with Crippen LogP contribution in [0.2, 0.25) is 5.02 Å². The first-order valence-electron chi connectivity index (χ1n) is 8.34. The molecule has 3 heterocycles. The molecule has 0 bridgehead atoms. The van der Waals surface area contributed by atoms with Crippen LogP contribution in [0, 0.1) is 0 Å². The van der Waals surface area contributed by atoms with Crippen molar-refractivity contribution >= 4 is 35.4 Å². The summed E-state index contributed by atoms with van der Waals surface area (Å²) < 4.78 is 11.4. The van der Waals surface area contributed by atoms with Crippen molar-refractivity contribution in [3.05, 3.63) is 23.4 Å². The van der Waals surface area contributed by atoms with Crippen molar-refractivity contribution in [1.29, 1.82) is 0 Å². The SMILES string of the molecule is CC(C)(C)OC(=O)N1C[C@@H](Sc2ccc(Cl)cn2)[C@@]2(CNC(=O)CO2)C1. The molecule has 26 heavy (non-hydrogen) atoms. The summed E-state index contributed by atoms with van der Waals surface area (Å²) in [6.45, 7) is 6.62. The quantitative estimate of drug-likeness (QED) is 0.822. The number of hydrogen-bond donors (Lipinski definition) is 1. The Kier molecular flexibility index (Phi) is 5.37. The van der Waals surface area contributed by atoms with E-state index in [0.717, 1.165) is 5.03 Å². The number of nitrogens with one attached hydrogen (secondary N) is 1. The van der Waals surface area contributed by atoms with Crippen LogP contribution in [-0.2, 0) is 14.3 Å². The third kappa shape index (κ3) is 4.42. The number of nitrogens with zero attached hydrogens (tertiary/aromatic N) is 2. The van der Waals surface area contributed by atoms with E-state index in [1.807, 2.05) is 26.8 Å². The first kappa shape index (κ1) is 19.3. The van der Waals surface area contributed by atoms with Gasteiger partial charge in [-0.1, -0.05) is 23.4 Å². The lowest BCUT2D eigenvalue weighted by molar-refractivity contribution is -0.141. The van der Waals surface area contributed by atoms with Crippen molar-refractivity contribution < 1.29 is 19.1 Å². The number of ether oxygens (including phenoxy) is 2. The molecule has 1 aromatic heterocycles. The number of rotatable bonds is 2. The molecule has 2 aliphatic heterocycles. The first-order valence-corrected chi connectivity index (χ1v) is 9.59. The topological polar surface area (TPSA) is 80.8 Å². The van der Waals surface area contributed by atoms with Crippen LogP contribution in [0.1, 0.15) is 20.8 Å². The molecule has 2 amide bonds. The van der Waals surface area contributed by atoms with Gasteiger partial charge in [-0.3, -0.25) is 4.79 Å². The van der Waals surface area contributed by atoms with Gasteiger partial charge >= 0.3 is 6.09 Å². The molecule has 0 aliphatic carbocycles. The van der Waals surface area contributed by atoms with Gasteiger partial charge in [0.25, 0.3) is 0 Å². The summed E-state index contributed by atoms with van der Waals surface area (Å²) in [6, 6.07) is 3.60. The zero-order valence-electron chi connectivity index (χ0n) is 15.0. The number of amides is 2.